The van der Waals surface area contributed by atoms with Gasteiger partial charge in [0.2, 0.25) is 5.91 Å². The second-order valence-corrected chi connectivity index (χ2v) is 5.89. The lowest BCUT2D eigenvalue weighted by Gasteiger charge is -2.13. The summed E-state index contributed by atoms with van der Waals surface area (Å²) in [7, 11) is 1.19. The third-order valence-corrected chi connectivity index (χ3v) is 4.26. The quantitative estimate of drug-likeness (QED) is 0.770. The first-order valence-corrected chi connectivity index (χ1v) is 7.98. The largest absolute Gasteiger partial charge is 0.467 e. The van der Waals surface area contributed by atoms with Crippen LogP contribution in [0.5, 0.6) is 0 Å². The number of esters is 1. The van der Waals surface area contributed by atoms with E-state index in [2.05, 4.69) is 15.0 Å². The molecule has 2 rings (SSSR count). The van der Waals surface area contributed by atoms with Crippen LogP contribution in [0.15, 0.2) is 29.6 Å². The van der Waals surface area contributed by atoms with Gasteiger partial charge in [-0.25, -0.2) is 9.78 Å². The maximum Gasteiger partial charge on any atom is 0.330 e. The summed E-state index contributed by atoms with van der Waals surface area (Å²) in [5.41, 5.74) is 1.36. The van der Waals surface area contributed by atoms with E-state index in [0.717, 1.165) is 5.56 Å². The zero-order valence-electron chi connectivity index (χ0n) is 12.3. The Labute approximate surface area is 142 Å². The molecule has 6 nitrogen and oxygen atoms in total. The molecule has 1 aromatic carbocycles. The predicted octanol–water partition coefficient (Wildman–Crippen LogP) is 1.66. The van der Waals surface area contributed by atoms with E-state index in [1.54, 1.807) is 11.4 Å². The molecule has 1 atom stereocenters. The number of benzene rings is 1. The van der Waals surface area contributed by atoms with Gasteiger partial charge in [-0.15, -0.1) is 11.3 Å². The van der Waals surface area contributed by atoms with Gasteiger partial charge in [-0.1, -0.05) is 29.8 Å². The minimum Gasteiger partial charge on any atom is -0.467 e. The Bertz CT molecular complexity index is 704. The van der Waals surface area contributed by atoms with Gasteiger partial charge in [-0.3, -0.25) is 4.79 Å². The predicted molar refractivity (Wildman–Crippen MR) is 87.3 cm³/mol. The van der Waals surface area contributed by atoms with Gasteiger partial charge in [-0.2, -0.15) is 0 Å². The normalized spacial score (nSPS) is 11.8. The van der Waals surface area contributed by atoms with Gasteiger partial charge in [0.05, 0.1) is 30.9 Å². The Balaban J connectivity index is 2.03. The first kappa shape index (κ1) is 17.4. The number of halogens is 1. The number of hydrogen-bond acceptors (Lipinski definition) is 6. The molecular weight excluding hydrogens is 340 g/mol. The van der Waals surface area contributed by atoms with Gasteiger partial charge in [0.1, 0.15) is 5.01 Å². The molecule has 1 amide bonds. The second kappa shape index (κ2) is 8.05. The smallest absolute Gasteiger partial charge is 0.330 e. The number of amides is 1. The van der Waals surface area contributed by atoms with Crippen molar-refractivity contribution < 1.29 is 19.4 Å². The van der Waals surface area contributed by atoms with Crippen LogP contribution in [0.25, 0.3) is 10.6 Å². The van der Waals surface area contributed by atoms with Gasteiger partial charge in [0.15, 0.2) is 6.04 Å². The lowest BCUT2D eigenvalue weighted by molar-refractivity contribution is -0.146. The third-order valence-electron chi connectivity index (χ3n) is 3.00. The molecule has 0 aliphatic rings. The van der Waals surface area contributed by atoms with Crippen molar-refractivity contribution in [3.63, 3.8) is 0 Å². The molecule has 1 unspecified atom stereocenters. The first-order valence-electron chi connectivity index (χ1n) is 6.72. The Morgan fingerprint density at radius 2 is 2.17 bits per heavy atom. The lowest BCUT2D eigenvalue weighted by atomic mass is 10.2. The average Bonchev–Trinajstić information content (AvgIpc) is 3.00. The summed E-state index contributed by atoms with van der Waals surface area (Å²) in [6.45, 7) is -0.527. The molecular formula is C15H15ClN2O4S. The SMILES string of the molecule is COC(=O)C(CO)NC(=O)Cc1csc(-c2ccccc2Cl)n1. The van der Waals surface area contributed by atoms with E-state index in [-0.39, 0.29) is 6.42 Å². The molecule has 0 saturated carbocycles. The number of aliphatic hydroxyl groups is 1. The number of carbonyl (C=O) groups excluding carboxylic acids is 2. The van der Waals surface area contributed by atoms with Crippen molar-refractivity contribution in [2.75, 3.05) is 13.7 Å². The summed E-state index contributed by atoms with van der Waals surface area (Å²) >= 11 is 7.50. The maximum absolute atomic E-state index is 11.9. The topological polar surface area (TPSA) is 88.5 Å². The highest BCUT2D eigenvalue weighted by molar-refractivity contribution is 7.13. The monoisotopic (exact) mass is 354 g/mol. The zero-order valence-corrected chi connectivity index (χ0v) is 13.9. The van der Waals surface area contributed by atoms with Crippen LogP contribution < -0.4 is 5.32 Å². The Morgan fingerprint density at radius 1 is 1.43 bits per heavy atom. The highest BCUT2D eigenvalue weighted by Crippen LogP contribution is 2.30. The number of methoxy groups -OCH3 is 1. The average molecular weight is 355 g/mol. The molecule has 0 bridgehead atoms. The van der Waals surface area contributed by atoms with Crippen molar-refractivity contribution in [2.45, 2.75) is 12.5 Å². The van der Waals surface area contributed by atoms with Crippen molar-refractivity contribution in [2.24, 2.45) is 0 Å². The molecule has 1 heterocycles. The molecule has 122 valence electrons. The second-order valence-electron chi connectivity index (χ2n) is 4.63. The summed E-state index contributed by atoms with van der Waals surface area (Å²) < 4.78 is 4.49. The van der Waals surface area contributed by atoms with E-state index in [4.69, 9.17) is 16.7 Å². The van der Waals surface area contributed by atoms with E-state index >= 15 is 0 Å². The number of thiazole rings is 1. The summed E-state index contributed by atoms with van der Waals surface area (Å²) in [6.07, 6.45) is -0.00551. The Hall–Kier alpha value is -1.96. The van der Waals surface area contributed by atoms with Crippen LogP contribution in [0.4, 0.5) is 0 Å². The van der Waals surface area contributed by atoms with Gasteiger partial charge in [-0.05, 0) is 6.07 Å². The minimum absolute atomic E-state index is 0.00551. The first-order chi connectivity index (χ1) is 11.0. The molecule has 0 radical (unpaired) electrons. The Morgan fingerprint density at radius 3 is 2.83 bits per heavy atom. The van der Waals surface area contributed by atoms with Crippen molar-refractivity contribution >= 4 is 34.8 Å². The summed E-state index contributed by atoms with van der Waals surface area (Å²) in [4.78, 5) is 27.6. The van der Waals surface area contributed by atoms with Crippen LogP contribution in [-0.2, 0) is 20.7 Å². The molecule has 0 aliphatic heterocycles. The number of aliphatic hydroxyl groups excluding tert-OH is 1. The fourth-order valence-electron chi connectivity index (χ4n) is 1.88. The number of aromatic nitrogens is 1. The van der Waals surface area contributed by atoms with Gasteiger partial charge < -0.3 is 15.2 Å². The van der Waals surface area contributed by atoms with Crippen LogP contribution in [0.2, 0.25) is 5.02 Å². The standard InChI is InChI=1S/C15H15ClN2O4S/c1-22-15(21)12(7-19)18-13(20)6-9-8-23-14(17-9)10-4-2-3-5-11(10)16/h2-5,8,12,19H,6-7H2,1H3,(H,18,20). The molecule has 0 saturated heterocycles. The maximum atomic E-state index is 11.9. The van der Waals surface area contributed by atoms with E-state index in [1.165, 1.54) is 18.4 Å². The van der Waals surface area contributed by atoms with E-state index in [1.807, 2.05) is 18.2 Å². The van der Waals surface area contributed by atoms with Crippen LogP contribution in [0.1, 0.15) is 5.69 Å². The molecule has 23 heavy (non-hydrogen) atoms. The minimum atomic E-state index is -1.07. The third kappa shape index (κ3) is 4.51. The molecule has 0 aliphatic carbocycles. The molecule has 1 aromatic heterocycles. The van der Waals surface area contributed by atoms with Gasteiger partial charge in [0, 0.05) is 10.9 Å². The van der Waals surface area contributed by atoms with Crippen LogP contribution in [-0.4, -0.2) is 41.7 Å². The van der Waals surface area contributed by atoms with Crippen molar-refractivity contribution in [3.8, 4) is 10.6 Å². The van der Waals surface area contributed by atoms with Crippen LogP contribution >= 0.6 is 22.9 Å². The summed E-state index contributed by atoms with van der Waals surface area (Å²) in [6, 6.07) is 6.23. The highest BCUT2D eigenvalue weighted by Gasteiger charge is 2.21. The molecule has 2 N–H and O–H groups in total. The molecule has 0 spiro atoms. The van der Waals surface area contributed by atoms with Gasteiger partial charge >= 0.3 is 5.97 Å². The van der Waals surface area contributed by atoms with Crippen molar-refractivity contribution in [1.29, 1.82) is 0 Å². The van der Waals surface area contributed by atoms with Crippen LogP contribution in [0, 0.1) is 0 Å². The number of ether oxygens (including phenoxy) is 1. The number of nitrogens with zero attached hydrogens (tertiary/aromatic N) is 1. The number of rotatable bonds is 6. The zero-order chi connectivity index (χ0) is 16.8. The van der Waals surface area contributed by atoms with Crippen molar-refractivity contribution in [1.82, 2.24) is 10.3 Å². The lowest BCUT2D eigenvalue weighted by Crippen LogP contribution is -2.44. The van der Waals surface area contributed by atoms with E-state index in [0.29, 0.717) is 15.7 Å². The van der Waals surface area contributed by atoms with Crippen molar-refractivity contribution in [3.05, 3.63) is 40.4 Å². The molecule has 2 aromatic rings. The van der Waals surface area contributed by atoms with E-state index < -0.39 is 24.5 Å². The number of carbonyl (C=O) groups is 2. The molecule has 0 fully saturated rings. The summed E-state index contributed by atoms with van der Waals surface area (Å²) in [5.74, 6) is -1.12. The number of hydrogen-bond donors (Lipinski definition) is 2. The fourth-order valence-corrected chi connectivity index (χ4v) is 3.02. The van der Waals surface area contributed by atoms with Crippen LogP contribution in [0.3, 0.4) is 0 Å². The van der Waals surface area contributed by atoms with E-state index in [9.17, 15) is 9.59 Å². The Kier molecular flexibility index (Phi) is 6.09. The number of nitrogens with one attached hydrogen (secondary N) is 1. The fraction of sp³-hybridized carbons (Fsp3) is 0.267. The highest BCUT2D eigenvalue weighted by atomic mass is 35.5. The van der Waals surface area contributed by atoms with Gasteiger partial charge in [0.25, 0.3) is 0 Å². The summed E-state index contributed by atoms with van der Waals surface area (Å²) in [5, 5.41) is 14.5. The molecule has 8 heteroatoms.